The molecule has 0 aliphatic heterocycles. The summed E-state index contributed by atoms with van der Waals surface area (Å²) in [6, 6.07) is 4.38. The van der Waals surface area contributed by atoms with E-state index in [9.17, 15) is 10.2 Å². The Morgan fingerprint density at radius 1 is 1.32 bits per heavy atom. The lowest BCUT2D eigenvalue weighted by atomic mass is 9.94. The van der Waals surface area contributed by atoms with Crippen molar-refractivity contribution in [1.29, 1.82) is 0 Å². The standard InChI is InChI=1S/C15H24N2O2/c1-12(19)15-8-7-14(11-16-15)17(9-10-18)13-5-3-2-4-6-13/h7-8,11-13,18-19H,2-6,9-10H2,1H3. The summed E-state index contributed by atoms with van der Waals surface area (Å²) in [5.74, 6) is 0. The van der Waals surface area contributed by atoms with Crippen molar-refractivity contribution in [2.45, 2.75) is 51.2 Å². The van der Waals surface area contributed by atoms with Crippen LogP contribution in [0.5, 0.6) is 0 Å². The largest absolute Gasteiger partial charge is 0.395 e. The Kier molecular flexibility index (Phi) is 5.16. The Bertz CT molecular complexity index is 372. The van der Waals surface area contributed by atoms with Crippen molar-refractivity contribution < 1.29 is 10.2 Å². The predicted molar refractivity (Wildman–Crippen MR) is 76.2 cm³/mol. The third-order valence-corrected chi connectivity index (χ3v) is 3.89. The van der Waals surface area contributed by atoms with Crippen molar-refractivity contribution in [2.24, 2.45) is 0 Å². The number of aliphatic hydroxyl groups excluding tert-OH is 2. The third-order valence-electron chi connectivity index (χ3n) is 3.89. The van der Waals surface area contributed by atoms with Crippen LogP contribution in [0, 0.1) is 0 Å². The van der Waals surface area contributed by atoms with Crippen LogP contribution < -0.4 is 4.90 Å². The van der Waals surface area contributed by atoms with E-state index in [4.69, 9.17) is 0 Å². The van der Waals surface area contributed by atoms with Gasteiger partial charge in [0.1, 0.15) is 0 Å². The quantitative estimate of drug-likeness (QED) is 0.856. The molecule has 1 aliphatic carbocycles. The highest BCUT2D eigenvalue weighted by molar-refractivity contribution is 5.46. The van der Waals surface area contributed by atoms with Crippen LogP contribution in [0.4, 0.5) is 5.69 Å². The lowest BCUT2D eigenvalue weighted by molar-refractivity contribution is 0.194. The molecule has 1 aromatic rings. The molecule has 0 aromatic carbocycles. The fraction of sp³-hybridized carbons (Fsp3) is 0.667. The number of nitrogens with zero attached hydrogens (tertiary/aromatic N) is 2. The van der Waals surface area contributed by atoms with Crippen LogP contribution in [0.1, 0.15) is 50.8 Å². The molecule has 1 fully saturated rings. The average molecular weight is 264 g/mol. The average Bonchev–Trinajstić information content (AvgIpc) is 2.46. The lowest BCUT2D eigenvalue weighted by Crippen LogP contribution is -2.38. The van der Waals surface area contributed by atoms with Gasteiger partial charge in [-0.2, -0.15) is 0 Å². The van der Waals surface area contributed by atoms with Crippen molar-refractivity contribution in [3.05, 3.63) is 24.0 Å². The van der Waals surface area contributed by atoms with Gasteiger partial charge in [-0.25, -0.2) is 0 Å². The monoisotopic (exact) mass is 264 g/mol. The molecule has 2 rings (SSSR count). The van der Waals surface area contributed by atoms with Crippen LogP contribution in [0.2, 0.25) is 0 Å². The Labute approximate surface area is 115 Å². The summed E-state index contributed by atoms with van der Waals surface area (Å²) in [5, 5.41) is 18.8. The summed E-state index contributed by atoms with van der Waals surface area (Å²) >= 11 is 0. The van der Waals surface area contributed by atoms with E-state index in [1.807, 2.05) is 18.3 Å². The molecule has 0 radical (unpaired) electrons. The predicted octanol–water partition coefficient (Wildman–Crippen LogP) is 2.27. The maximum atomic E-state index is 9.49. The van der Waals surface area contributed by atoms with Gasteiger partial charge in [-0.1, -0.05) is 19.3 Å². The molecular formula is C15H24N2O2. The molecule has 19 heavy (non-hydrogen) atoms. The van der Waals surface area contributed by atoms with E-state index in [1.165, 1.54) is 32.1 Å². The number of anilines is 1. The molecule has 1 heterocycles. The summed E-state index contributed by atoms with van der Waals surface area (Å²) < 4.78 is 0. The Morgan fingerprint density at radius 2 is 2.05 bits per heavy atom. The van der Waals surface area contributed by atoms with Crippen LogP contribution in [-0.4, -0.2) is 34.4 Å². The zero-order chi connectivity index (χ0) is 13.7. The Balaban J connectivity index is 2.13. The minimum Gasteiger partial charge on any atom is -0.395 e. The van der Waals surface area contributed by atoms with Crippen molar-refractivity contribution in [1.82, 2.24) is 4.98 Å². The number of rotatable bonds is 5. The lowest BCUT2D eigenvalue weighted by Gasteiger charge is -2.35. The minimum absolute atomic E-state index is 0.161. The summed E-state index contributed by atoms with van der Waals surface area (Å²) in [7, 11) is 0. The SMILES string of the molecule is CC(O)c1ccc(N(CCO)C2CCCCC2)cn1. The van der Waals surface area contributed by atoms with Crippen LogP contribution in [0.15, 0.2) is 18.3 Å². The maximum absolute atomic E-state index is 9.49. The number of aromatic nitrogens is 1. The first-order valence-corrected chi connectivity index (χ1v) is 7.24. The highest BCUT2D eigenvalue weighted by Crippen LogP contribution is 2.27. The molecule has 0 saturated heterocycles. The van der Waals surface area contributed by atoms with Gasteiger partial charge < -0.3 is 15.1 Å². The van der Waals surface area contributed by atoms with Crippen LogP contribution in [-0.2, 0) is 0 Å². The molecule has 106 valence electrons. The van der Waals surface area contributed by atoms with Crippen molar-refractivity contribution in [2.75, 3.05) is 18.1 Å². The molecule has 1 atom stereocenters. The van der Waals surface area contributed by atoms with Gasteiger partial charge in [-0.3, -0.25) is 4.98 Å². The molecule has 1 unspecified atom stereocenters. The Hall–Kier alpha value is -1.13. The van der Waals surface area contributed by atoms with Crippen molar-refractivity contribution in [3.63, 3.8) is 0 Å². The minimum atomic E-state index is -0.532. The molecule has 1 saturated carbocycles. The second kappa shape index (κ2) is 6.87. The highest BCUT2D eigenvalue weighted by atomic mass is 16.3. The molecule has 0 amide bonds. The highest BCUT2D eigenvalue weighted by Gasteiger charge is 2.21. The molecule has 0 bridgehead atoms. The molecule has 4 nitrogen and oxygen atoms in total. The van der Waals surface area contributed by atoms with Crippen LogP contribution in [0.25, 0.3) is 0 Å². The molecule has 4 heteroatoms. The van der Waals surface area contributed by atoms with E-state index in [-0.39, 0.29) is 6.61 Å². The van der Waals surface area contributed by atoms with E-state index in [0.717, 1.165) is 5.69 Å². The van der Waals surface area contributed by atoms with E-state index in [1.54, 1.807) is 6.92 Å². The fourth-order valence-electron chi connectivity index (χ4n) is 2.84. The van der Waals surface area contributed by atoms with Gasteiger partial charge in [-0.15, -0.1) is 0 Å². The van der Waals surface area contributed by atoms with Gasteiger partial charge in [0.25, 0.3) is 0 Å². The summed E-state index contributed by atoms with van der Waals surface area (Å²) in [4.78, 5) is 6.56. The Morgan fingerprint density at radius 3 is 2.58 bits per heavy atom. The molecule has 0 spiro atoms. The zero-order valence-corrected chi connectivity index (χ0v) is 11.6. The maximum Gasteiger partial charge on any atom is 0.0931 e. The molecular weight excluding hydrogens is 240 g/mol. The topological polar surface area (TPSA) is 56.6 Å². The van der Waals surface area contributed by atoms with Crippen molar-refractivity contribution in [3.8, 4) is 0 Å². The second-order valence-corrected chi connectivity index (χ2v) is 5.33. The summed E-state index contributed by atoms with van der Waals surface area (Å²) in [6.45, 7) is 2.53. The van der Waals surface area contributed by atoms with Gasteiger partial charge in [-0.05, 0) is 31.9 Å². The van der Waals surface area contributed by atoms with E-state index in [0.29, 0.717) is 18.3 Å². The normalized spacial score (nSPS) is 18.3. The smallest absolute Gasteiger partial charge is 0.0931 e. The molecule has 1 aliphatic rings. The van der Waals surface area contributed by atoms with Crippen LogP contribution in [0.3, 0.4) is 0 Å². The number of hydrogen-bond donors (Lipinski definition) is 2. The van der Waals surface area contributed by atoms with Crippen LogP contribution >= 0.6 is 0 Å². The first-order chi connectivity index (χ1) is 9.22. The molecule has 1 aromatic heterocycles. The van der Waals surface area contributed by atoms with Gasteiger partial charge in [0.15, 0.2) is 0 Å². The number of pyridine rings is 1. The summed E-state index contributed by atoms with van der Waals surface area (Å²) in [5.41, 5.74) is 1.74. The fourth-order valence-corrected chi connectivity index (χ4v) is 2.84. The van der Waals surface area contributed by atoms with E-state index in [2.05, 4.69) is 9.88 Å². The zero-order valence-electron chi connectivity index (χ0n) is 11.6. The first kappa shape index (κ1) is 14.3. The van der Waals surface area contributed by atoms with E-state index < -0.39 is 6.10 Å². The van der Waals surface area contributed by atoms with Gasteiger partial charge >= 0.3 is 0 Å². The van der Waals surface area contributed by atoms with Gasteiger partial charge in [0.05, 0.1) is 30.3 Å². The second-order valence-electron chi connectivity index (χ2n) is 5.33. The number of aliphatic hydroxyl groups is 2. The van der Waals surface area contributed by atoms with Gasteiger partial charge in [0.2, 0.25) is 0 Å². The number of hydrogen-bond acceptors (Lipinski definition) is 4. The van der Waals surface area contributed by atoms with Gasteiger partial charge in [0, 0.05) is 12.6 Å². The van der Waals surface area contributed by atoms with E-state index >= 15 is 0 Å². The summed E-state index contributed by atoms with van der Waals surface area (Å²) in [6.07, 6.45) is 7.53. The first-order valence-electron chi connectivity index (χ1n) is 7.24. The third kappa shape index (κ3) is 3.67. The molecule has 2 N–H and O–H groups in total. The van der Waals surface area contributed by atoms with Crippen molar-refractivity contribution >= 4 is 5.69 Å².